The molecule has 2 aromatic carbocycles. The monoisotopic (exact) mass is 491 g/mol. The SMILES string of the molecule is COc1ccc(-c2nn(-c3ccccc3)cc2[C@@H]2NC(=O)NC(C)=C2C(=O)OC(C)C)cc1[N+](=O)[O-]. The molecule has 11 nitrogen and oxygen atoms in total. The maximum absolute atomic E-state index is 13.1. The van der Waals surface area contributed by atoms with E-state index in [0.29, 0.717) is 22.5 Å². The molecule has 3 aromatic rings. The number of ether oxygens (including phenoxy) is 2. The topological polar surface area (TPSA) is 138 Å². The highest BCUT2D eigenvalue weighted by Crippen LogP contribution is 2.38. The molecule has 0 bridgehead atoms. The number of nitrogens with one attached hydrogen (secondary N) is 2. The Morgan fingerprint density at radius 2 is 1.92 bits per heavy atom. The van der Waals surface area contributed by atoms with Crippen molar-refractivity contribution < 1.29 is 24.0 Å². The number of aromatic nitrogens is 2. The summed E-state index contributed by atoms with van der Waals surface area (Å²) in [5.41, 5.74) is 2.25. The number of urea groups is 1. The van der Waals surface area contributed by atoms with Crippen LogP contribution in [0.4, 0.5) is 10.5 Å². The third-order valence-electron chi connectivity index (χ3n) is 5.56. The van der Waals surface area contributed by atoms with Crippen molar-refractivity contribution in [3.63, 3.8) is 0 Å². The summed E-state index contributed by atoms with van der Waals surface area (Å²) in [6.45, 7) is 5.07. The third-order valence-corrected chi connectivity index (χ3v) is 5.56. The summed E-state index contributed by atoms with van der Waals surface area (Å²) in [5, 5.41) is 21.8. The number of rotatable bonds is 7. The average Bonchev–Trinajstić information content (AvgIpc) is 3.28. The Bertz CT molecular complexity index is 1360. The van der Waals surface area contributed by atoms with Crippen molar-refractivity contribution in [3.8, 4) is 22.7 Å². The van der Waals surface area contributed by atoms with Crippen LogP contribution in [0.5, 0.6) is 5.75 Å². The summed E-state index contributed by atoms with van der Waals surface area (Å²) in [6, 6.07) is 12.3. The number of methoxy groups -OCH3 is 1. The molecule has 36 heavy (non-hydrogen) atoms. The number of esters is 1. The van der Waals surface area contributed by atoms with E-state index < -0.39 is 23.0 Å². The van der Waals surface area contributed by atoms with E-state index in [0.717, 1.165) is 5.69 Å². The molecule has 0 fully saturated rings. The molecule has 4 rings (SSSR count). The number of hydrogen-bond acceptors (Lipinski definition) is 7. The van der Waals surface area contributed by atoms with Gasteiger partial charge in [0, 0.05) is 29.1 Å². The molecule has 0 radical (unpaired) electrons. The van der Waals surface area contributed by atoms with Crippen LogP contribution in [-0.2, 0) is 9.53 Å². The molecule has 2 heterocycles. The van der Waals surface area contributed by atoms with E-state index in [1.807, 2.05) is 30.3 Å². The van der Waals surface area contributed by atoms with Crippen molar-refractivity contribution >= 4 is 17.7 Å². The van der Waals surface area contributed by atoms with Crippen LogP contribution in [-0.4, -0.2) is 39.9 Å². The van der Waals surface area contributed by atoms with Crippen LogP contribution in [0.1, 0.15) is 32.4 Å². The van der Waals surface area contributed by atoms with Gasteiger partial charge in [-0.15, -0.1) is 0 Å². The van der Waals surface area contributed by atoms with Gasteiger partial charge in [-0.2, -0.15) is 5.10 Å². The van der Waals surface area contributed by atoms with Crippen molar-refractivity contribution in [2.24, 2.45) is 0 Å². The number of carbonyl (C=O) groups is 2. The van der Waals surface area contributed by atoms with Crippen LogP contribution in [0.2, 0.25) is 0 Å². The Balaban J connectivity index is 1.94. The average molecular weight is 492 g/mol. The Kier molecular flexibility index (Phi) is 6.73. The molecule has 0 saturated heterocycles. The second kappa shape index (κ2) is 9.90. The summed E-state index contributed by atoms with van der Waals surface area (Å²) in [7, 11) is 1.35. The smallest absolute Gasteiger partial charge is 0.338 e. The number of nitro groups is 1. The molecule has 0 unspecified atom stereocenters. The van der Waals surface area contributed by atoms with Crippen LogP contribution in [0.15, 0.2) is 66.0 Å². The van der Waals surface area contributed by atoms with Crippen LogP contribution in [0, 0.1) is 10.1 Å². The summed E-state index contributed by atoms with van der Waals surface area (Å²) >= 11 is 0. The molecule has 186 valence electrons. The van der Waals surface area contributed by atoms with Gasteiger partial charge >= 0.3 is 17.7 Å². The lowest BCUT2D eigenvalue weighted by atomic mass is 9.93. The first kappa shape index (κ1) is 24.5. The van der Waals surface area contributed by atoms with Crippen LogP contribution in [0.25, 0.3) is 16.9 Å². The lowest BCUT2D eigenvalue weighted by molar-refractivity contribution is -0.385. The number of nitro benzene ring substituents is 1. The molecular formula is C25H25N5O6. The molecule has 2 N–H and O–H groups in total. The lowest BCUT2D eigenvalue weighted by Crippen LogP contribution is -2.45. The van der Waals surface area contributed by atoms with E-state index in [1.54, 1.807) is 37.7 Å². The summed E-state index contributed by atoms with van der Waals surface area (Å²) in [6.07, 6.45) is 1.30. The highest BCUT2D eigenvalue weighted by Gasteiger charge is 2.36. The fourth-order valence-electron chi connectivity index (χ4n) is 3.99. The maximum atomic E-state index is 13.1. The summed E-state index contributed by atoms with van der Waals surface area (Å²) in [5.74, 6) is -0.501. The number of hydrogen-bond donors (Lipinski definition) is 2. The number of benzene rings is 2. The molecular weight excluding hydrogens is 466 g/mol. The van der Waals surface area contributed by atoms with Gasteiger partial charge in [0.15, 0.2) is 5.75 Å². The predicted molar refractivity (Wildman–Crippen MR) is 131 cm³/mol. The summed E-state index contributed by atoms with van der Waals surface area (Å²) < 4.78 is 12.2. The van der Waals surface area contributed by atoms with Crippen LogP contribution < -0.4 is 15.4 Å². The van der Waals surface area contributed by atoms with Crippen molar-refractivity contribution in [3.05, 3.63) is 81.7 Å². The predicted octanol–water partition coefficient (Wildman–Crippen LogP) is 4.04. The molecule has 1 aliphatic rings. The van der Waals surface area contributed by atoms with Gasteiger partial charge < -0.3 is 20.1 Å². The van der Waals surface area contributed by atoms with E-state index in [-0.39, 0.29) is 23.1 Å². The quantitative estimate of drug-likeness (QED) is 0.289. The van der Waals surface area contributed by atoms with Crippen LogP contribution in [0.3, 0.4) is 0 Å². The standard InChI is InChI=1S/C25H25N5O6/c1-14(2)36-24(31)21-15(3)26-25(32)27-23(21)18-13-29(17-8-6-5-7-9-17)28-22(18)16-10-11-20(35-4)19(12-16)30(33)34/h5-14,23H,1-4H3,(H2,26,27,32)/t23-/m0/s1. The highest BCUT2D eigenvalue weighted by molar-refractivity contribution is 5.95. The maximum Gasteiger partial charge on any atom is 0.338 e. The third kappa shape index (κ3) is 4.76. The Morgan fingerprint density at radius 1 is 1.19 bits per heavy atom. The minimum Gasteiger partial charge on any atom is -0.490 e. The molecule has 1 atom stereocenters. The van der Waals surface area contributed by atoms with E-state index in [4.69, 9.17) is 14.6 Å². The van der Waals surface area contributed by atoms with Crippen molar-refractivity contribution in [2.75, 3.05) is 7.11 Å². The van der Waals surface area contributed by atoms with Gasteiger partial charge in [-0.3, -0.25) is 10.1 Å². The van der Waals surface area contributed by atoms with Gasteiger partial charge in [0.05, 0.1) is 41.1 Å². The van der Waals surface area contributed by atoms with Crippen molar-refractivity contribution in [1.82, 2.24) is 20.4 Å². The van der Waals surface area contributed by atoms with E-state index in [1.165, 1.54) is 19.2 Å². The number of allylic oxidation sites excluding steroid dienone is 1. The second-order valence-corrected chi connectivity index (χ2v) is 8.38. The van der Waals surface area contributed by atoms with E-state index in [9.17, 15) is 19.7 Å². The molecule has 0 aliphatic carbocycles. The first-order valence-corrected chi connectivity index (χ1v) is 11.2. The van der Waals surface area contributed by atoms with Gasteiger partial charge in [0.25, 0.3) is 0 Å². The molecule has 0 spiro atoms. The highest BCUT2D eigenvalue weighted by atomic mass is 16.6. The Morgan fingerprint density at radius 3 is 2.56 bits per heavy atom. The zero-order valence-corrected chi connectivity index (χ0v) is 20.1. The second-order valence-electron chi connectivity index (χ2n) is 8.38. The minimum atomic E-state index is -0.918. The number of amides is 2. The molecule has 2 amide bonds. The van der Waals surface area contributed by atoms with Gasteiger partial charge in [0.1, 0.15) is 0 Å². The number of carbonyl (C=O) groups excluding carboxylic acids is 2. The van der Waals surface area contributed by atoms with Gasteiger partial charge in [0.2, 0.25) is 0 Å². The van der Waals surface area contributed by atoms with Gasteiger partial charge in [-0.25, -0.2) is 14.3 Å². The molecule has 0 saturated carbocycles. The first-order valence-electron chi connectivity index (χ1n) is 11.2. The zero-order valence-electron chi connectivity index (χ0n) is 20.1. The first-order chi connectivity index (χ1) is 17.2. The number of nitrogens with zero attached hydrogens (tertiary/aromatic N) is 3. The summed E-state index contributed by atoms with van der Waals surface area (Å²) in [4.78, 5) is 36.6. The van der Waals surface area contributed by atoms with Crippen LogP contribution >= 0.6 is 0 Å². The van der Waals surface area contributed by atoms with Crippen molar-refractivity contribution in [2.45, 2.75) is 32.9 Å². The zero-order chi connectivity index (χ0) is 26.0. The fraction of sp³-hybridized carbons (Fsp3) is 0.240. The van der Waals surface area contributed by atoms with Gasteiger partial charge in [-0.05, 0) is 45.0 Å². The largest absolute Gasteiger partial charge is 0.490 e. The van der Waals surface area contributed by atoms with E-state index >= 15 is 0 Å². The fourth-order valence-corrected chi connectivity index (χ4v) is 3.99. The Hall–Kier alpha value is -4.67. The molecule has 11 heteroatoms. The Labute approximate surface area is 206 Å². The van der Waals surface area contributed by atoms with Crippen molar-refractivity contribution in [1.29, 1.82) is 0 Å². The normalized spacial score (nSPS) is 15.4. The lowest BCUT2D eigenvalue weighted by Gasteiger charge is -2.28. The van der Waals surface area contributed by atoms with Gasteiger partial charge in [-0.1, -0.05) is 18.2 Å². The molecule has 1 aromatic heterocycles. The van der Waals surface area contributed by atoms with E-state index in [2.05, 4.69) is 10.6 Å². The molecule has 1 aliphatic heterocycles. The number of para-hydroxylation sites is 1. The minimum absolute atomic E-state index is 0.0971.